The van der Waals surface area contributed by atoms with E-state index in [0.29, 0.717) is 37.9 Å². The van der Waals surface area contributed by atoms with Gasteiger partial charge in [-0.05, 0) is 80.3 Å². The van der Waals surface area contributed by atoms with Gasteiger partial charge in [-0.15, -0.1) is 6.58 Å². The summed E-state index contributed by atoms with van der Waals surface area (Å²) in [5.74, 6) is -5.28. The van der Waals surface area contributed by atoms with Crippen molar-refractivity contribution < 1.29 is 31.4 Å². The van der Waals surface area contributed by atoms with Gasteiger partial charge in [-0.3, -0.25) is 0 Å². The van der Waals surface area contributed by atoms with Gasteiger partial charge in [0, 0.05) is 17.0 Å². The standard InChI is InChI=1S/C31H31F5O2/c1-3-5-6-19-7-8-21(17-26(19)32)22-10-13-23(38-18-22)12-9-20-11-14-24(29(34)28(20)33)25-15-16-27(37-4-2)31(36)30(25)35/h3,7-8,11,14-17,22-23H,1,4-6,9-10,12-13,18H2,2H3. The number of halogens is 5. The van der Waals surface area contributed by atoms with E-state index in [0.717, 1.165) is 12.0 Å². The van der Waals surface area contributed by atoms with Gasteiger partial charge in [0.25, 0.3) is 0 Å². The number of ether oxygens (including phenoxy) is 2. The van der Waals surface area contributed by atoms with Crippen molar-refractivity contribution in [2.75, 3.05) is 13.2 Å². The average Bonchev–Trinajstić information content (AvgIpc) is 2.92. The Hall–Kier alpha value is -3.19. The summed E-state index contributed by atoms with van der Waals surface area (Å²) in [4.78, 5) is 0. The summed E-state index contributed by atoms with van der Waals surface area (Å²) < 4.78 is 83.9. The van der Waals surface area contributed by atoms with E-state index in [1.807, 2.05) is 12.1 Å². The van der Waals surface area contributed by atoms with Crippen LogP contribution >= 0.6 is 0 Å². The van der Waals surface area contributed by atoms with Gasteiger partial charge in [-0.1, -0.05) is 30.3 Å². The van der Waals surface area contributed by atoms with Gasteiger partial charge in [0.05, 0.1) is 19.3 Å². The highest BCUT2D eigenvalue weighted by atomic mass is 19.2. The zero-order valence-electron chi connectivity index (χ0n) is 21.3. The van der Waals surface area contributed by atoms with Crippen LogP contribution in [-0.4, -0.2) is 19.3 Å². The predicted molar refractivity (Wildman–Crippen MR) is 138 cm³/mol. The van der Waals surface area contributed by atoms with Gasteiger partial charge in [0.1, 0.15) is 5.82 Å². The summed E-state index contributed by atoms with van der Waals surface area (Å²) in [6.45, 7) is 5.86. The van der Waals surface area contributed by atoms with E-state index in [4.69, 9.17) is 9.47 Å². The summed E-state index contributed by atoms with van der Waals surface area (Å²) in [5.41, 5.74) is 0.968. The quantitative estimate of drug-likeness (QED) is 0.193. The molecule has 1 heterocycles. The van der Waals surface area contributed by atoms with Crippen LogP contribution in [0.5, 0.6) is 5.75 Å². The normalized spacial score (nSPS) is 17.4. The maximum atomic E-state index is 14.9. The van der Waals surface area contributed by atoms with Gasteiger partial charge in [-0.2, -0.15) is 4.39 Å². The number of hydrogen-bond acceptors (Lipinski definition) is 2. The van der Waals surface area contributed by atoms with Crippen LogP contribution in [0.3, 0.4) is 0 Å². The first-order valence-corrected chi connectivity index (χ1v) is 12.9. The van der Waals surface area contributed by atoms with Gasteiger partial charge in [-0.25, -0.2) is 17.6 Å². The van der Waals surface area contributed by atoms with Crippen LogP contribution in [0, 0.1) is 29.1 Å². The van der Waals surface area contributed by atoms with E-state index < -0.39 is 23.3 Å². The Balaban J connectivity index is 1.37. The van der Waals surface area contributed by atoms with Gasteiger partial charge < -0.3 is 9.47 Å². The molecule has 2 atom stereocenters. The van der Waals surface area contributed by atoms with Crippen molar-refractivity contribution in [1.29, 1.82) is 0 Å². The van der Waals surface area contributed by atoms with Crippen molar-refractivity contribution in [1.82, 2.24) is 0 Å². The zero-order valence-corrected chi connectivity index (χ0v) is 21.3. The highest BCUT2D eigenvalue weighted by Gasteiger charge is 2.25. The fourth-order valence-electron chi connectivity index (χ4n) is 4.89. The highest BCUT2D eigenvalue weighted by molar-refractivity contribution is 5.66. The lowest BCUT2D eigenvalue weighted by molar-refractivity contribution is -0.000713. The van der Waals surface area contributed by atoms with Crippen LogP contribution in [-0.2, 0) is 17.6 Å². The number of hydrogen-bond donors (Lipinski definition) is 0. The van der Waals surface area contributed by atoms with E-state index in [9.17, 15) is 22.0 Å². The maximum absolute atomic E-state index is 14.9. The molecule has 2 unspecified atom stereocenters. The third-order valence-electron chi connectivity index (χ3n) is 7.07. The average molecular weight is 531 g/mol. The molecule has 202 valence electrons. The van der Waals surface area contributed by atoms with Crippen molar-refractivity contribution in [2.24, 2.45) is 0 Å². The van der Waals surface area contributed by atoms with Crippen molar-refractivity contribution in [3.63, 3.8) is 0 Å². The van der Waals surface area contributed by atoms with E-state index in [-0.39, 0.29) is 53.3 Å². The summed E-state index contributed by atoms with van der Waals surface area (Å²) >= 11 is 0. The molecule has 1 aliphatic heterocycles. The van der Waals surface area contributed by atoms with Crippen molar-refractivity contribution in [2.45, 2.75) is 57.5 Å². The summed E-state index contributed by atoms with van der Waals surface area (Å²) in [5, 5.41) is 0. The fourth-order valence-corrected chi connectivity index (χ4v) is 4.89. The summed E-state index contributed by atoms with van der Waals surface area (Å²) in [7, 11) is 0. The zero-order chi connectivity index (χ0) is 27.2. The minimum Gasteiger partial charge on any atom is -0.491 e. The Morgan fingerprint density at radius 2 is 1.58 bits per heavy atom. The molecule has 1 saturated heterocycles. The number of rotatable bonds is 10. The lowest BCUT2D eigenvalue weighted by Crippen LogP contribution is -2.25. The van der Waals surface area contributed by atoms with E-state index >= 15 is 0 Å². The Kier molecular flexibility index (Phi) is 9.21. The van der Waals surface area contributed by atoms with Gasteiger partial charge in [0.15, 0.2) is 23.2 Å². The molecule has 3 aromatic carbocycles. The molecule has 0 radical (unpaired) electrons. The molecule has 1 aliphatic rings. The molecule has 0 spiro atoms. The molecule has 2 nitrogen and oxygen atoms in total. The molecule has 0 aliphatic carbocycles. The van der Waals surface area contributed by atoms with E-state index in [1.165, 1.54) is 24.3 Å². The molecular formula is C31H31F5O2. The molecule has 38 heavy (non-hydrogen) atoms. The maximum Gasteiger partial charge on any atom is 0.201 e. The largest absolute Gasteiger partial charge is 0.491 e. The topological polar surface area (TPSA) is 18.5 Å². The number of aryl methyl sites for hydroxylation is 2. The molecule has 0 aromatic heterocycles. The summed E-state index contributed by atoms with van der Waals surface area (Å²) in [6, 6.07) is 10.4. The minimum absolute atomic E-state index is 0.0760. The van der Waals surface area contributed by atoms with Gasteiger partial charge in [0.2, 0.25) is 5.82 Å². The van der Waals surface area contributed by atoms with Crippen molar-refractivity contribution in [3.05, 3.63) is 101 Å². The van der Waals surface area contributed by atoms with E-state index in [2.05, 4.69) is 6.58 Å². The smallest absolute Gasteiger partial charge is 0.201 e. The molecule has 4 rings (SSSR count). The second-order valence-corrected chi connectivity index (χ2v) is 9.52. The highest BCUT2D eigenvalue weighted by Crippen LogP contribution is 2.34. The third-order valence-corrected chi connectivity index (χ3v) is 7.07. The SMILES string of the molecule is C=CCCc1ccc(C2CCC(CCc3ccc(-c4ccc(OCC)c(F)c4F)c(F)c3F)OC2)cc1F. The monoisotopic (exact) mass is 530 g/mol. The lowest BCUT2D eigenvalue weighted by atomic mass is 9.89. The van der Waals surface area contributed by atoms with Crippen LogP contribution < -0.4 is 4.74 Å². The van der Waals surface area contributed by atoms with Crippen LogP contribution in [0.1, 0.15) is 55.2 Å². The Morgan fingerprint density at radius 3 is 2.24 bits per heavy atom. The number of benzene rings is 3. The fraction of sp³-hybridized carbons (Fsp3) is 0.355. The Labute approximate surface area is 220 Å². The minimum atomic E-state index is -1.29. The van der Waals surface area contributed by atoms with Crippen LogP contribution in [0.2, 0.25) is 0 Å². The second kappa shape index (κ2) is 12.6. The molecule has 0 N–H and O–H groups in total. The first-order valence-electron chi connectivity index (χ1n) is 12.9. The first-order chi connectivity index (χ1) is 18.3. The number of allylic oxidation sites excluding steroid dienone is 1. The third kappa shape index (κ3) is 6.09. The molecule has 7 heteroatoms. The molecule has 3 aromatic rings. The lowest BCUT2D eigenvalue weighted by Gasteiger charge is -2.29. The Morgan fingerprint density at radius 1 is 0.868 bits per heavy atom. The van der Waals surface area contributed by atoms with E-state index in [1.54, 1.807) is 19.1 Å². The predicted octanol–water partition coefficient (Wildman–Crippen LogP) is 8.46. The Bertz CT molecular complexity index is 1280. The molecule has 0 saturated carbocycles. The van der Waals surface area contributed by atoms with Crippen molar-refractivity contribution in [3.8, 4) is 16.9 Å². The van der Waals surface area contributed by atoms with Gasteiger partial charge >= 0.3 is 0 Å². The second-order valence-electron chi connectivity index (χ2n) is 9.52. The molecular weight excluding hydrogens is 499 g/mol. The van der Waals surface area contributed by atoms with Crippen LogP contribution in [0.4, 0.5) is 22.0 Å². The first kappa shape index (κ1) is 27.8. The van der Waals surface area contributed by atoms with Crippen LogP contribution in [0.15, 0.2) is 55.1 Å². The summed E-state index contributed by atoms with van der Waals surface area (Å²) in [6.07, 6.45) is 5.17. The molecule has 0 amide bonds. The molecule has 0 bridgehead atoms. The van der Waals surface area contributed by atoms with Crippen LogP contribution in [0.25, 0.3) is 11.1 Å². The van der Waals surface area contributed by atoms with Crippen molar-refractivity contribution >= 4 is 0 Å². The molecule has 1 fully saturated rings.